The van der Waals surface area contributed by atoms with Gasteiger partial charge in [0.2, 0.25) is 0 Å². The number of guanidine groups is 1. The van der Waals surface area contributed by atoms with Crippen LogP contribution in [-0.2, 0) is 0 Å². The molecule has 0 spiro atoms. The predicted octanol–water partition coefficient (Wildman–Crippen LogP) is 1.26. The fourth-order valence-electron chi connectivity index (χ4n) is 2.91. The van der Waals surface area contributed by atoms with Gasteiger partial charge in [-0.2, -0.15) is 0 Å². The molecular weight excluding hydrogens is 314 g/mol. The molecule has 6 nitrogen and oxygen atoms in total. The van der Waals surface area contributed by atoms with Gasteiger partial charge in [0.25, 0.3) is 0 Å². The van der Waals surface area contributed by atoms with Gasteiger partial charge in [-0.05, 0) is 51.7 Å². The number of hydrogen-bond acceptors (Lipinski definition) is 4. The lowest BCUT2D eigenvalue weighted by molar-refractivity contribution is 0.273. The average Bonchev–Trinajstić information content (AvgIpc) is 2.85. The molecule has 0 saturated carbocycles. The predicted molar refractivity (Wildman–Crippen MR) is 104 cm³/mol. The van der Waals surface area contributed by atoms with E-state index in [4.69, 9.17) is 4.74 Å². The van der Waals surface area contributed by atoms with E-state index in [-0.39, 0.29) is 0 Å². The second-order valence-corrected chi connectivity index (χ2v) is 6.44. The number of hydrogen-bond donors (Lipinski definition) is 2. The molecule has 1 saturated heterocycles. The van der Waals surface area contributed by atoms with E-state index < -0.39 is 0 Å². The van der Waals surface area contributed by atoms with E-state index >= 15 is 0 Å². The van der Waals surface area contributed by atoms with E-state index in [1.54, 1.807) is 7.05 Å². The van der Waals surface area contributed by atoms with Gasteiger partial charge in [-0.3, -0.25) is 4.99 Å². The van der Waals surface area contributed by atoms with Crippen LogP contribution in [0.3, 0.4) is 0 Å². The number of benzene rings is 1. The molecule has 0 atom stereocenters. The van der Waals surface area contributed by atoms with E-state index in [0.717, 1.165) is 37.8 Å². The Balaban J connectivity index is 1.53. The van der Waals surface area contributed by atoms with Crippen LogP contribution in [0.2, 0.25) is 0 Å². The van der Waals surface area contributed by atoms with Crippen LogP contribution in [0.1, 0.15) is 12.8 Å². The van der Waals surface area contributed by atoms with Crippen molar-refractivity contribution in [1.82, 2.24) is 20.4 Å². The van der Waals surface area contributed by atoms with Crippen molar-refractivity contribution in [3.63, 3.8) is 0 Å². The Hall–Kier alpha value is -1.79. The zero-order valence-electron chi connectivity index (χ0n) is 15.7. The monoisotopic (exact) mass is 347 g/mol. The Labute approximate surface area is 152 Å². The standard InChI is InChI=1S/C19H33N5O/c1-20-19(22-11-17-25-18-8-4-3-5-9-18)21-10-6-13-24-14-7-12-23(2)15-16-24/h3-5,8-9H,6-7,10-17H2,1-2H3,(H2,20,21,22). The highest BCUT2D eigenvalue weighted by Gasteiger charge is 2.11. The van der Waals surface area contributed by atoms with Gasteiger partial charge < -0.3 is 25.2 Å². The summed E-state index contributed by atoms with van der Waals surface area (Å²) in [6.07, 6.45) is 2.40. The summed E-state index contributed by atoms with van der Waals surface area (Å²) >= 11 is 0. The highest BCUT2D eigenvalue weighted by Crippen LogP contribution is 2.07. The van der Waals surface area contributed by atoms with Crippen LogP contribution in [0.15, 0.2) is 35.3 Å². The first kappa shape index (κ1) is 19.5. The van der Waals surface area contributed by atoms with Crippen molar-refractivity contribution in [2.75, 3.05) is 66.5 Å². The molecule has 1 aliphatic rings. The highest BCUT2D eigenvalue weighted by atomic mass is 16.5. The van der Waals surface area contributed by atoms with Gasteiger partial charge in [-0.15, -0.1) is 0 Å². The molecule has 0 bridgehead atoms. The van der Waals surface area contributed by atoms with Gasteiger partial charge in [-0.1, -0.05) is 18.2 Å². The molecule has 1 aliphatic heterocycles. The van der Waals surface area contributed by atoms with Crippen molar-refractivity contribution in [2.24, 2.45) is 4.99 Å². The zero-order chi connectivity index (χ0) is 17.7. The van der Waals surface area contributed by atoms with E-state index in [1.807, 2.05) is 30.3 Å². The summed E-state index contributed by atoms with van der Waals surface area (Å²) in [6.45, 7) is 8.22. The maximum absolute atomic E-state index is 5.67. The lowest BCUT2D eigenvalue weighted by atomic mass is 10.3. The molecule has 0 aromatic heterocycles. The second-order valence-electron chi connectivity index (χ2n) is 6.44. The molecule has 6 heteroatoms. The summed E-state index contributed by atoms with van der Waals surface area (Å²) in [5.74, 6) is 1.74. The molecule has 1 fully saturated rings. The third-order valence-electron chi connectivity index (χ3n) is 4.39. The fraction of sp³-hybridized carbons (Fsp3) is 0.632. The molecule has 2 N–H and O–H groups in total. The number of para-hydroxylation sites is 1. The smallest absolute Gasteiger partial charge is 0.191 e. The number of nitrogens with one attached hydrogen (secondary N) is 2. The zero-order valence-corrected chi connectivity index (χ0v) is 15.7. The van der Waals surface area contributed by atoms with Gasteiger partial charge in [0.1, 0.15) is 12.4 Å². The molecule has 0 aliphatic carbocycles. The van der Waals surface area contributed by atoms with Crippen LogP contribution in [0.25, 0.3) is 0 Å². The number of rotatable bonds is 8. The summed E-state index contributed by atoms with van der Waals surface area (Å²) in [7, 11) is 4.01. The SMILES string of the molecule is CN=C(NCCCN1CCCN(C)CC1)NCCOc1ccccc1. The molecule has 1 aromatic rings. The maximum Gasteiger partial charge on any atom is 0.191 e. The molecule has 25 heavy (non-hydrogen) atoms. The van der Waals surface area contributed by atoms with Crippen LogP contribution in [0.4, 0.5) is 0 Å². The average molecular weight is 348 g/mol. The van der Waals surface area contributed by atoms with Gasteiger partial charge >= 0.3 is 0 Å². The van der Waals surface area contributed by atoms with Crippen molar-refractivity contribution in [3.8, 4) is 5.75 Å². The van der Waals surface area contributed by atoms with Crippen LogP contribution in [-0.4, -0.2) is 82.3 Å². The first-order valence-corrected chi connectivity index (χ1v) is 9.31. The summed E-state index contributed by atoms with van der Waals surface area (Å²) in [5, 5.41) is 6.67. The minimum atomic E-state index is 0.617. The van der Waals surface area contributed by atoms with Gasteiger partial charge in [0, 0.05) is 26.7 Å². The fourth-order valence-corrected chi connectivity index (χ4v) is 2.91. The lowest BCUT2D eigenvalue weighted by Gasteiger charge is -2.20. The maximum atomic E-state index is 5.67. The van der Waals surface area contributed by atoms with Gasteiger partial charge in [0.05, 0.1) is 6.54 Å². The third kappa shape index (κ3) is 8.23. The third-order valence-corrected chi connectivity index (χ3v) is 4.39. The quantitative estimate of drug-likeness (QED) is 0.421. The van der Waals surface area contributed by atoms with Crippen molar-refractivity contribution in [3.05, 3.63) is 30.3 Å². The molecule has 0 amide bonds. The van der Waals surface area contributed by atoms with E-state index in [2.05, 4.69) is 32.5 Å². The summed E-state index contributed by atoms with van der Waals surface area (Å²) < 4.78 is 5.67. The van der Waals surface area contributed by atoms with Crippen LogP contribution in [0, 0.1) is 0 Å². The van der Waals surface area contributed by atoms with Crippen LogP contribution < -0.4 is 15.4 Å². The van der Waals surface area contributed by atoms with Crippen LogP contribution >= 0.6 is 0 Å². The molecule has 0 radical (unpaired) electrons. The minimum Gasteiger partial charge on any atom is -0.492 e. The van der Waals surface area contributed by atoms with E-state index in [0.29, 0.717) is 6.61 Å². The summed E-state index contributed by atoms with van der Waals surface area (Å²) in [6, 6.07) is 9.87. The Morgan fingerprint density at radius 3 is 2.68 bits per heavy atom. The molecule has 0 unspecified atom stereocenters. The Bertz CT molecular complexity index is 494. The normalized spacial score (nSPS) is 17.1. The Kier molecular flexibility index (Phi) is 9.15. The van der Waals surface area contributed by atoms with E-state index in [1.165, 1.54) is 32.6 Å². The second kappa shape index (κ2) is 11.7. The van der Waals surface area contributed by atoms with Crippen molar-refractivity contribution < 1.29 is 4.74 Å². The number of aliphatic imine (C=N–C) groups is 1. The molecular formula is C19H33N5O. The van der Waals surface area contributed by atoms with Crippen molar-refractivity contribution in [2.45, 2.75) is 12.8 Å². The molecule has 1 heterocycles. The highest BCUT2D eigenvalue weighted by molar-refractivity contribution is 5.79. The Morgan fingerprint density at radius 2 is 1.88 bits per heavy atom. The largest absolute Gasteiger partial charge is 0.492 e. The van der Waals surface area contributed by atoms with E-state index in [9.17, 15) is 0 Å². The molecule has 140 valence electrons. The Morgan fingerprint density at radius 1 is 1.08 bits per heavy atom. The summed E-state index contributed by atoms with van der Waals surface area (Å²) in [5.41, 5.74) is 0. The summed E-state index contributed by atoms with van der Waals surface area (Å²) in [4.78, 5) is 9.24. The number of ether oxygens (including phenoxy) is 1. The van der Waals surface area contributed by atoms with Crippen molar-refractivity contribution in [1.29, 1.82) is 0 Å². The first-order valence-electron chi connectivity index (χ1n) is 9.31. The number of likely N-dealkylation sites (N-methyl/N-ethyl adjacent to an activating group) is 1. The molecule has 1 aromatic carbocycles. The van der Waals surface area contributed by atoms with Crippen LogP contribution in [0.5, 0.6) is 5.75 Å². The lowest BCUT2D eigenvalue weighted by Crippen LogP contribution is -2.40. The van der Waals surface area contributed by atoms with Gasteiger partial charge in [-0.25, -0.2) is 0 Å². The molecule has 2 rings (SSSR count). The first-order chi connectivity index (χ1) is 12.3. The number of nitrogens with zero attached hydrogens (tertiary/aromatic N) is 3. The van der Waals surface area contributed by atoms with Gasteiger partial charge in [0.15, 0.2) is 5.96 Å². The topological polar surface area (TPSA) is 52.1 Å². The minimum absolute atomic E-state index is 0.617. The van der Waals surface area contributed by atoms with Crippen molar-refractivity contribution >= 4 is 5.96 Å².